The summed E-state index contributed by atoms with van der Waals surface area (Å²) in [6.45, 7) is -0.0814. The Morgan fingerprint density at radius 3 is 2.53 bits per heavy atom. The van der Waals surface area contributed by atoms with Gasteiger partial charge in [0.2, 0.25) is 11.8 Å². The molecule has 2 saturated carbocycles. The molecule has 0 spiro atoms. The summed E-state index contributed by atoms with van der Waals surface area (Å²) in [5, 5.41) is 12.7. The summed E-state index contributed by atoms with van der Waals surface area (Å²) in [5.74, 6) is -1.54. The highest BCUT2D eigenvalue weighted by Gasteiger charge is 2.69. The van der Waals surface area contributed by atoms with Crippen LogP contribution in [0, 0.1) is 29.6 Å². The van der Waals surface area contributed by atoms with Crippen LogP contribution in [0.25, 0.3) is 0 Å². The highest BCUT2D eigenvalue weighted by Crippen LogP contribution is 2.68. The van der Waals surface area contributed by atoms with Crippen LogP contribution in [0.4, 0.5) is 5.69 Å². The average Bonchev–Trinajstić information content (AvgIpc) is 3.76. The maximum absolute atomic E-state index is 13.6. The summed E-state index contributed by atoms with van der Waals surface area (Å²) >= 11 is 2.78. The van der Waals surface area contributed by atoms with Crippen LogP contribution in [-0.4, -0.2) is 64.2 Å². The number of thiazole rings is 1. The number of fused-ring (bicyclic) bond motifs is 9. The van der Waals surface area contributed by atoms with Gasteiger partial charge in [0, 0.05) is 34.7 Å². The Morgan fingerprint density at radius 2 is 1.80 bits per heavy atom. The second kappa shape index (κ2) is 11.7. The zero-order valence-electron chi connectivity index (χ0n) is 24.3. The first-order valence-electron chi connectivity index (χ1n) is 14.9. The van der Waals surface area contributed by atoms with Crippen molar-refractivity contribution in [2.24, 2.45) is 29.6 Å². The number of anilines is 1. The first kappa shape index (κ1) is 29.6. The Labute approximate surface area is 266 Å². The molecule has 7 atom stereocenters. The molecule has 45 heavy (non-hydrogen) atoms. The first-order chi connectivity index (χ1) is 21.7. The Balaban J connectivity index is 1.12. The summed E-state index contributed by atoms with van der Waals surface area (Å²) < 4.78 is 11.1. The molecular weight excluding hydrogens is 618 g/mol. The second-order valence-corrected chi connectivity index (χ2v) is 14.1. The van der Waals surface area contributed by atoms with E-state index in [1.54, 1.807) is 49.2 Å². The number of likely N-dealkylation sites (tertiary alicyclic amines) is 1. The van der Waals surface area contributed by atoms with Gasteiger partial charge in [-0.15, -0.1) is 11.8 Å². The highest BCUT2D eigenvalue weighted by atomic mass is 32.2. The topological polar surface area (TPSA) is 155 Å². The Hall–Kier alpha value is -4.10. The van der Waals surface area contributed by atoms with Gasteiger partial charge in [-0.05, 0) is 72.6 Å². The van der Waals surface area contributed by atoms with E-state index in [-0.39, 0.29) is 77.5 Å². The number of H-pyrrole nitrogens is 1. The van der Waals surface area contributed by atoms with Gasteiger partial charge in [0.1, 0.15) is 11.5 Å². The number of hydrogen-bond acceptors (Lipinski definition) is 9. The molecule has 11 nitrogen and oxygen atoms in total. The Morgan fingerprint density at radius 1 is 1.04 bits per heavy atom. The van der Waals surface area contributed by atoms with Crippen molar-refractivity contribution in [1.82, 2.24) is 9.88 Å². The normalized spacial score (nSPS) is 27.6. The molecular formula is C32H31N3O8S2. The number of ether oxygens (including phenoxy) is 2. The van der Waals surface area contributed by atoms with Crippen LogP contribution in [0.2, 0.25) is 0 Å². The lowest BCUT2D eigenvalue weighted by Crippen LogP contribution is -2.42. The zero-order valence-corrected chi connectivity index (χ0v) is 25.9. The van der Waals surface area contributed by atoms with Crippen molar-refractivity contribution in [3.05, 3.63) is 68.6 Å². The van der Waals surface area contributed by atoms with Crippen molar-refractivity contribution < 1.29 is 33.8 Å². The number of carbonyl (C=O) groups excluding carboxylic acids is 3. The number of carboxylic acid groups (broad SMARTS) is 1. The predicted octanol–water partition coefficient (Wildman–Crippen LogP) is 3.80. The van der Waals surface area contributed by atoms with E-state index in [1.165, 1.54) is 16.2 Å². The number of methoxy groups -OCH3 is 1. The lowest BCUT2D eigenvalue weighted by molar-refractivity contribution is -0.142. The molecule has 2 bridgehead atoms. The standard InChI is InChI=1S/C32H31N3O8S2/c1-42-17-9-7-16(8-10-17)33-21(36)14-43-18-5-2-4-15(12-18)23-24-19-13-20(27(24)44-29-28(23)45-32(41)34-29)26-25(19)30(39)35(31(26)40)11-3-6-22(37)38/h2,4-5,7-10,12,19-20,23-27H,3,6,11,13-14H2,1H3,(H,33,36)(H,34,41)(H,37,38)/t19?,20?,23-,24?,25?,26?,27?/m1/s1. The predicted molar refractivity (Wildman–Crippen MR) is 166 cm³/mol. The molecule has 1 saturated heterocycles. The molecule has 2 aliphatic carbocycles. The molecule has 3 amide bonds. The van der Waals surface area contributed by atoms with Gasteiger partial charge in [-0.1, -0.05) is 23.5 Å². The van der Waals surface area contributed by atoms with E-state index in [0.29, 0.717) is 17.2 Å². The van der Waals surface area contributed by atoms with Crippen molar-refractivity contribution in [3.63, 3.8) is 0 Å². The minimum absolute atomic E-state index is 0.0175. The number of imide groups is 1. The number of thioether (sulfide) groups is 1. The number of rotatable bonds is 10. The quantitative estimate of drug-likeness (QED) is 0.278. The molecule has 1 aromatic heterocycles. The van der Waals surface area contributed by atoms with E-state index in [0.717, 1.165) is 21.9 Å². The number of hydrogen-bond donors (Lipinski definition) is 3. The summed E-state index contributed by atoms with van der Waals surface area (Å²) in [5.41, 5.74) is 1.54. The summed E-state index contributed by atoms with van der Waals surface area (Å²) in [4.78, 5) is 68.4. The molecule has 3 aromatic rings. The van der Waals surface area contributed by atoms with E-state index in [1.807, 2.05) is 18.2 Å². The van der Waals surface area contributed by atoms with Gasteiger partial charge in [0.15, 0.2) is 6.61 Å². The molecule has 3 heterocycles. The molecule has 3 fully saturated rings. The maximum atomic E-state index is 13.6. The third kappa shape index (κ3) is 5.21. The van der Waals surface area contributed by atoms with Crippen LogP contribution < -0.4 is 19.7 Å². The number of aromatic nitrogens is 1. The van der Waals surface area contributed by atoms with Crippen LogP contribution in [0.3, 0.4) is 0 Å². The van der Waals surface area contributed by atoms with Gasteiger partial charge < -0.3 is 24.9 Å². The summed E-state index contributed by atoms with van der Waals surface area (Å²) in [6.07, 6.45) is 0.891. The van der Waals surface area contributed by atoms with Gasteiger partial charge in [0.05, 0.1) is 24.0 Å². The Kier molecular flexibility index (Phi) is 7.68. The monoisotopic (exact) mass is 649 g/mol. The second-order valence-electron chi connectivity index (χ2n) is 11.9. The van der Waals surface area contributed by atoms with Gasteiger partial charge >= 0.3 is 10.8 Å². The van der Waals surface area contributed by atoms with Crippen molar-refractivity contribution in [3.8, 4) is 11.5 Å². The molecule has 2 aliphatic heterocycles. The number of carboxylic acids is 1. The van der Waals surface area contributed by atoms with Gasteiger partial charge in [-0.3, -0.25) is 28.9 Å². The molecule has 234 valence electrons. The number of nitrogens with zero attached hydrogens (tertiary/aromatic N) is 1. The van der Waals surface area contributed by atoms with Crippen molar-refractivity contribution >= 4 is 52.5 Å². The molecule has 13 heteroatoms. The van der Waals surface area contributed by atoms with Crippen molar-refractivity contribution in [2.75, 3.05) is 25.6 Å². The number of amides is 3. The van der Waals surface area contributed by atoms with E-state index in [4.69, 9.17) is 14.6 Å². The van der Waals surface area contributed by atoms with Crippen LogP contribution in [0.15, 0.2) is 58.4 Å². The van der Waals surface area contributed by atoms with Crippen LogP contribution in [-0.2, 0) is 19.2 Å². The third-order valence-electron chi connectivity index (χ3n) is 9.55. The SMILES string of the molecule is COc1ccc(NC(=O)COc2cccc([C@H]3c4sc(=O)[nH]c4SC4C5CC(C6C(=O)N(CCCC(=O)O)C(=O)C56)C43)c2)cc1. The van der Waals surface area contributed by atoms with E-state index in [9.17, 15) is 24.0 Å². The van der Waals surface area contributed by atoms with Gasteiger partial charge in [0.25, 0.3) is 5.91 Å². The van der Waals surface area contributed by atoms with Gasteiger partial charge in [-0.25, -0.2) is 0 Å². The first-order valence-corrected chi connectivity index (χ1v) is 16.6. The number of aromatic amines is 1. The zero-order chi connectivity index (χ0) is 31.4. The van der Waals surface area contributed by atoms with Crippen LogP contribution in [0.5, 0.6) is 11.5 Å². The molecule has 4 aliphatic rings. The van der Waals surface area contributed by atoms with Crippen molar-refractivity contribution in [2.45, 2.75) is 35.5 Å². The lowest BCUT2D eigenvalue weighted by atomic mass is 9.68. The molecule has 2 aromatic carbocycles. The van der Waals surface area contributed by atoms with E-state index in [2.05, 4.69) is 10.3 Å². The van der Waals surface area contributed by atoms with Gasteiger partial charge in [-0.2, -0.15) is 0 Å². The van der Waals surface area contributed by atoms with Crippen molar-refractivity contribution in [1.29, 1.82) is 0 Å². The minimum atomic E-state index is -0.955. The average molecular weight is 650 g/mol. The fourth-order valence-corrected chi connectivity index (χ4v) is 10.8. The van der Waals surface area contributed by atoms with Crippen LogP contribution >= 0.6 is 23.1 Å². The minimum Gasteiger partial charge on any atom is -0.497 e. The number of aliphatic carboxylic acids is 1. The fourth-order valence-electron chi connectivity index (χ4n) is 7.88. The Bertz CT molecular complexity index is 1740. The number of carbonyl (C=O) groups is 4. The maximum Gasteiger partial charge on any atom is 0.305 e. The largest absolute Gasteiger partial charge is 0.497 e. The number of nitrogens with one attached hydrogen (secondary N) is 2. The smallest absolute Gasteiger partial charge is 0.305 e. The molecule has 7 rings (SSSR count). The van der Waals surface area contributed by atoms with Crippen LogP contribution in [0.1, 0.15) is 35.6 Å². The fraction of sp³-hybridized carbons (Fsp3) is 0.406. The number of benzene rings is 2. The van der Waals surface area contributed by atoms with E-state index >= 15 is 0 Å². The third-order valence-corrected chi connectivity index (χ3v) is 12.1. The molecule has 3 N–H and O–H groups in total. The van der Waals surface area contributed by atoms with E-state index < -0.39 is 17.8 Å². The lowest BCUT2D eigenvalue weighted by Gasteiger charge is -2.43. The summed E-state index contributed by atoms with van der Waals surface area (Å²) in [6, 6.07) is 14.5. The molecule has 6 unspecified atom stereocenters. The highest BCUT2D eigenvalue weighted by molar-refractivity contribution is 8.00. The summed E-state index contributed by atoms with van der Waals surface area (Å²) in [7, 11) is 1.57. The molecule has 0 radical (unpaired) electrons.